The molecule has 150 valence electrons. The maximum Gasteiger partial charge on any atom is 0.238 e. The number of ether oxygens (including phenoxy) is 2. The molecule has 8 nitrogen and oxygen atoms in total. The van der Waals surface area contributed by atoms with Crippen molar-refractivity contribution in [3.63, 3.8) is 0 Å². The third kappa shape index (κ3) is 4.91. The fourth-order valence-electron chi connectivity index (χ4n) is 3.39. The number of nitrogens with one attached hydrogen (secondary N) is 1. The number of hydrogen-bond acceptors (Lipinski definition) is 6. The van der Waals surface area contributed by atoms with Crippen molar-refractivity contribution in [1.82, 2.24) is 19.7 Å². The fraction of sp³-hybridized carbons (Fsp3) is 0.286. The van der Waals surface area contributed by atoms with Crippen molar-refractivity contribution in [2.45, 2.75) is 12.5 Å². The van der Waals surface area contributed by atoms with Crippen molar-refractivity contribution >= 4 is 11.6 Å². The Balaban J connectivity index is 1.28. The zero-order chi connectivity index (χ0) is 20.1. The van der Waals surface area contributed by atoms with Crippen molar-refractivity contribution in [2.75, 3.05) is 32.1 Å². The smallest absolute Gasteiger partial charge is 0.238 e. The number of benzene rings is 2. The summed E-state index contributed by atoms with van der Waals surface area (Å²) in [4.78, 5) is 18.5. The number of nitrogens with zero attached hydrogens (tertiary/aromatic N) is 4. The van der Waals surface area contributed by atoms with Crippen LogP contribution >= 0.6 is 0 Å². The van der Waals surface area contributed by atoms with E-state index >= 15 is 0 Å². The molecule has 1 saturated heterocycles. The lowest BCUT2D eigenvalue weighted by Gasteiger charge is -2.16. The van der Waals surface area contributed by atoms with Gasteiger partial charge in [0.25, 0.3) is 0 Å². The normalized spacial score (nSPS) is 16.5. The summed E-state index contributed by atoms with van der Waals surface area (Å²) in [5.41, 5.74) is 0.736. The highest BCUT2D eigenvalue weighted by molar-refractivity contribution is 5.92. The third-order valence-electron chi connectivity index (χ3n) is 4.84. The Morgan fingerprint density at radius 3 is 2.76 bits per heavy atom. The Hall–Kier alpha value is -3.39. The van der Waals surface area contributed by atoms with E-state index in [1.165, 1.54) is 6.33 Å². The summed E-state index contributed by atoms with van der Waals surface area (Å²) >= 11 is 0. The molecule has 3 aromatic rings. The van der Waals surface area contributed by atoms with Gasteiger partial charge in [0.1, 0.15) is 29.9 Å². The number of carbonyl (C=O) groups excluding carboxylic acids is 1. The highest BCUT2D eigenvalue weighted by atomic mass is 16.5. The van der Waals surface area contributed by atoms with Gasteiger partial charge in [0.05, 0.1) is 19.7 Å². The van der Waals surface area contributed by atoms with Crippen LogP contribution in [0.5, 0.6) is 17.2 Å². The van der Waals surface area contributed by atoms with Crippen molar-refractivity contribution in [2.24, 2.45) is 0 Å². The first kappa shape index (κ1) is 18.9. The van der Waals surface area contributed by atoms with E-state index in [1.54, 1.807) is 13.4 Å². The van der Waals surface area contributed by atoms with E-state index in [1.807, 2.05) is 53.2 Å². The maximum atomic E-state index is 12.4. The number of aromatic nitrogens is 3. The monoisotopic (exact) mass is 393 g/mol. The number of methoxy groups -OCH3 is 1. The van der Waals surface area contributed by atoms with Crippen LogP contribution in [0.25, 0.3) is 0 Å². The highest BCUT2D eigenvalue weighted by Gasteiger charge is 2.25. The minimum Gasteiger partial charge on any atom is -0.497 e. The summed E-state index contributed by atoms with van der Waals surface area (Å²) in [6, 6.07) is 15.0. The first-order chi connectivity index (χ1) is 14.2. The molecule has 0 aliphatic carbocycles. The minimum absolute atomic E-state index is 0.0364. The second-order valence-corrected chi connectivity index (χ2v) is 6.91. The highest BCUT2D eigenvalue weighted by Crippen LogP contribution is 2.26. The number of amides is 1. The first-order valence-corrected chi connectivity index (χ1v) is 9.48. The number of likely N-dealkylation sites (tertiary alicyclic amines) is 1. The number of rotatable bonds is 7. The molecular weight excluding hydrogens is 370 g/mol. The van der Waals surface area contributed by atoms with Crippen LogP contribution in [0.15, 0.2) is 61.2 Å². The second-order valence-electron chi connectivity index (χ2n) is 6.91. The molecule has 1 amide bonds. The molecule has 8 heteroatoms. The van der Waals surface area contributed by atoms with E-state index in [0.29, 0.717) is 18.0 Å². The molecular formula is C21H23N5O3. The van der Waals surface area contributed by atoms with E-state index in [-0.39, 0.29) is 11.9 Å². The van der Waals surface area contributed by atoms with Gasteiger partial charge >= 0.3 is 0 Å². The summed E-state index contributed by atoms with van der Waals surface area (Å²) in [7, 11) is 1.62. The molecule has 2 heterocycles. The van der Waals surface area contributed by atoms with Crippen LogP contribution in [0.1, 0.15) is 12.5 Å². The molecule has 4 rings (SSSR count). The van der Waals surface area contributed by atoms with Crippen LogP contribution in [0.4, 0.5) is 5.69 Å². The van der Waals surface area contributed by atoms with Crippen LogP contribution in [-0.2, 0) is 4.79 Å². The average molecular weight is 393 g/mol. The van der Waals surface area contributed by atoms with Crippen molar-refractivity contribution in [1.29, 1.82) is 0 Å². The van der Waals surface area contributed by atoms with Gasteiger partial charge in [-0.1, -0.05) is 6.07 Å². The second kappa shape index (κ2) is 8.74. The molecule has 2 aromatic carbocycles. The van der Waals surface area contributed by atoms with Crippen LogP contribution in [0.2, 0.25) is 0 Å². The zero-order valence-electron chi connectivity index (χ0n) is 16.2. The van der Waals surface area contributed by atoms with Gasteiger partial charge in [-0.15, -0.1) is 0 Å². The van der Waals surface area contributed by atoms with Gasteiger partial charge in [-0.3, -0.25) is 9.69 Å². The van der Waals surface area contributed by atoms with Crippen molar-refractivity contribution in [3.05, 3.63) is 61.2 Å². The molecule has 1 fully saturated rings. The summed E-state index contributed by atoms with van der Waals surface area (Å²) < 4.78 is 12.9. The summed E-state index contributed by atoms with van der Waals surface area (Å²) in [5.74, 6) is 2.08. The lowest BCUT2D eigenvalue weighted by atomic mass is 10.3. The van der Waals surface area contributed by atoms with Gasteiger partial charge in [-0.2, -0.15) is 5.10 Å². The largest absolute Gasteiger partial charge is 0.497 e. The molecule has 0 bridgehead atoms. The summed E-state index contributed by atoms with van der Waals surface area (Å²) in [6.45, 7) is 2.02. The molecule has 1 aliphatic heterocycles. The van der Waals surface area contributed by atoms with Crippen LogP contribution in [-0.4, -0.2) is 52.3 Å². The standard InChI is InChI=1S/C21H23N5O3/c1-28-19-3-2-4-20(11-19)29-18-7-5-16(6-8-18)24-21(27)13-25-10-9-17(12-25)26-15-22-14-23-26/h2-8,11,14-15,17H,9-10,12-13H2,1H3,(H,24,27)/t17-/m0/s1. The minimum atomic E-state index is -0.0364. The van der Waals surface area contributed by atoms with Gasteiger partial charge in [-0.25, -0.2) is 9.67 Å². The molecule has 1 aromatic heterocycles. The third-order valence-corrected chi connectivity index (χ3v) is 4.84. The predicted molar refractivity (Wildman–Crippen MR) is 108 cm³/mol. The Labute approximate surface area is 169 Å². The van der Waals surface area contributed by atoms with Gasteiger partial charge in [-0.05, 0) is 42.8 Å². The lowest BCUT2D eigenvalue weighted by Crippen LogP contribution is -2.31. The summed E-state index contributed by atoms with van der Waals surface area (Å²) in [6.07, 6.45) is 4.23. The van der Waals surface area contributed by atoms with E-state index in [4.69, 9.17) is 9.47 Å². The predicted octanol–water partition coefficient (Wildman–Crippen LogP) is 2.96. The number of anilines is 1. The molecule has 1 aliphatic rings. The van der Waals surface area contributed by atoms with E-state index in [9.17, 15) is 4.79 Å². The zero-order valence-corrected chi connectivity index (χ0v) is 16.2. The fourth-order valence-corrected chi connectivity index (χ4v) is 3.39. The van der Waals surface area contributed by atoms with Crippen LogP contribution in [0, 0.1) is 0 Å². The average Bonchev–Trinajstić information content (AvgIpc) is 3.41. The molecule has 1 atom stereocenters. The Kier molecular flexibility index (Phi) is 5.71. The van der Waals surface area contributed by atoms with E-state index < -0.39 is 0 Å². The first-order valence-electron chi connectivity index (χ1n) is 9.48. The van der Waals surface area contributed by atoms with Gasteiger partial charge in [0, 0.05) is 24.8 Å². The molecule has 0 radical (unpaired) electrons. The van der Waals surface area contributed by atoms with Gasteiger partial charge < -0.3 is 14.8 Å². The maximum absolute atomic E-state index is 12.4. The van der Waals surface area contributed by atoms with Crippen molar-refractivity contribution < 1.29 is 14.3 Å². The lowest BCUT2D eigenvalue weighted by molar-refractivity contribution is -0.117. The van der Waals surface area contributed by atoms with E-state index in [2.05, 4.69) is 20.3 Å². The van der Waals surface area contributed by atoms with Gasteiger partial charge in [0.2, 0.25) is 5.91 Å². The Morgan fingerprint density at radius 1 is 1.17 bits per heavy atom. The van der Waals surface area contributed by atoms with Crippen LogP contribution in [0.3, 0.4) is 0 Å². The summed E-state index contributed by atoms with van der Waals surface area (Å²) in [5, 5.41) is 7.12. The Morgan fingerprint density at radius 2 is 2.00 bits per heavy atom. The quantitative estimate of drug-likeness (QED) is 0.665. The van der Waals surface area contributed by atoms with E-state index in [0.717, 1.165) is 30.9 Å². The number of hydrogen-bond donors (Lipinski definition) is 1. The topological polar surface area (TPSA) is 81.5 Å². The molecule has 0 unspecified atom stereocenters. The molecule has 0 spiro atoms. The number of carbonyl (C=O) groups is 1. The van der Waals surface area contributed by atoms with Gasteiger partial charge in [0.15, 0.2) is 0 Å². The molecule has 1 N–H and O–H groups in total. The molecule has 29 heavy (non-hydrogen) atoms. The Bertz CT molecular complexity index is 943. The SMILES string of the molecule is COc1cccc(Oc2ccc(NC(=O)CN3CC[C@H](n4cncn4)C3)cc2)c1. The molecule has 0 saturated carbocycles. The van der Waals surface area contributed by atoms with Crippen molar-refractivity contribution in [3.8, 4) is 17.2 Å². The van der Waals surface area contributed by atoms with Crippen LogP contribution < -0.4 is 14.8 Å².